The Balaban J connectivity index is 1.81. The number of aromatic nitrogens is 1. The zero-order valence-corrected chi connectivity index (χ0v) is 14.7. The van der Waals surface area contributed by atoms with Crippen molar-refractivity contribution in [3.8, 4) is 0 Å². The Kier molecular flexibility index (Phi) is 4.09. The van der Waals surface area contributed by atoms with E-state index in [4.69, 9.17) is 0 Å². The van der Waals surface area contributed by atoms with Crippen LogP contribution in [0.15, 0.2) is 58.4 Å². The molecule has 2 heterocycles. The zero-order chi connectivity index (χ0) is 17.4. The normalized spacial score (nSPS) is 13.0. The van der Waals surface area contributed by atoms with Crippen molar-refractivity contribution in [3.05, 3.63) is 70.0 Å². The Hall–Kier alpha value is -2.53. The maximum absolute atomic E-state index is 12.9. The van der Waals surface area contributed by atoms with E-state index < -0.39 is 0 Å². The van der Waals surface area contributed by atoms with E-state index >= 15 is 0 Å². The molecule has 25 heavy (non-hydrogen) atoms. The minimum Gasteiger partial charge on any atom is -0.346 e. The molecule has 0 fully saturated rings. The molecule has 126 valence electrons. The summed E-state index contributed by atoms with van der Waals surface area (Å²) in [5.74, 6) is -0.354. The Labute approximate surface area is 149 Å². The number of carbonyl (C=O) groups excluding carboxylic acids is 1. The molecule has 3 aromatic rings. The van der Waals surface area contributed by atoms with Crippen molar-refractivity contribution >= 4 is 34.3 Å². The van der Waals surface area contributed by atoms with E-state index in [0.717, 1.165) is 35.5 Å². The van der Waals surface area contributed by atoms with Gasteiger partial charge in [0.15, 0.2) is 0 Å². The summed E-state index contributed by atoms with van der Waals surface area (Å²) in [7, 11) is 0. The summed E-state index contributed by atoms with van der Waals surface area (Å²) in [5, 5.41) is 3.52. The number of para-hydroxylation sites is 2. The number of amides is 1. The molecular formula is C20H18N2O2S. The standard InChI is InChI=1S/C20H18N2O2S/c1-25-17-10-3-2-9-16(17)21-20(24)15-12-22-11-5-7-13-6-4-8-14(18(13)22)19(15)23/h2-4,6,8-10,12H,5,7,11H2,1H3,(H,21,24). The lowest BCUT2D eigenvalue weighted by molar-refractivity contribution is 0.102. The van der Waals surface area contributed by atoms with Gasteiger partial charge in [0.25, 0.3) is 5.91 Å². The Morgan fingerprint density at radius 2 is 2.00 bits per heavy atom. The van der Waals surface area contributed by atoms with Gasteiger partial charge in [-0.05, 0) is 42.9 Å². The van der Waals surface area contributed by atoms with Gasteiger partial charge in [0, 0.05) is 23.0 Å². The Morgan fingerprint density at radius 1 is 1.16 bits per heavy atom. The van der Waals surface area contributed by atoms with E-state index in [2.05, 4.69) is 11.4 Å². The number of pyridine rings is 1. The molecule has 2 aromatic carbocycles. The van der Waals surface area contributed by atoms with E-state index in [9.17, 15) is 9.59 Å². The topological polar surface area (TPSA) is 51.1 Å². The van der Waals surface area contributed by atoms with Crippen LogP contribution >= 0.6 is 11.8 Å². The largest absolute Gasteiger partial charge is 0.346 e. The summed E-state index contributed by atoms with van der Waals surface area (Å²) < 4.78 is 2.05. The van der Waals surface area contributed by atoms with Crippen LogP contribution in [0.3, 0.4) is 0 Å². The van der Waals surface area contributed by atoms with Gasteiger partial charge in [0.1, 0.15) is 5.56 Å². The average Bonchev–Trinajstić information content (AvgIpc) is 2.65. The number of aryl methyl sites for hydroxylation is 2. The molecular weight excluding hydrogens is 332 g/mol. The first kappa shape index (κ1) is 16.0. The van der Waals surface area contributed by atoms with Crippen molar-refractivity contribution < 1.29 is 4.79 Å². The Morgan fingerprint density at radius 3 is 2.84 bits per heavy atom. The van der Waals surface area contributed by atoms with Gasteiger partial charge in [0.05, 0.1) is 11.2 Å². The van der Waals surface area contributed by atoms with Crippen molar-refractivity contribution in [1.29, 1.82) is 0 Å². The minimum atomic E-state index is -0.354. The van der Waals surface area contributed by atoms with Gasteiger partial charge in [-0.1, -0.05) is 24.3 Å². The van der Waals surface area contributed by atoms with Gasteiger partial charge in [-0.25, -0.2) is 0 Å². The van der Waals surface area contributed by atoms with Gasteiger partial charge >= 0.3 is 0 Å². The summed E-state index contributed by atoms with van der Waals surface area (Å²) in [6.07, 6.45) is 5.67. The molecule has 4 nitrogen and oxygen atoms in total. The first-order chi connectivity index (χ1) is 12.2. The van der Waals surface area contributed by atoms with Crippen LogP contribution in [0.2, 0.25) is 0 Å². The van der Waals surface area contributed by atoms with E-state index in [1.54, 1.807) is 18.0 Å². The van der Waals surface area contributed by atoms with Crippen LogP contribution in [-0.2, 0) is 13.0 Å². The number of benzene rings is 2. The van der Waals surface area contributed by atoms with Gasteiger partial charge in [-0.15, -0.1) is 11.8 Å². The summed E-state index contributed by atoms with van der Waals surface area (Å²) in [4.78, 5) is 26.6. The summed E-state index contributed by atoms with van der Waals surface area (Å²) in [5.41, 5.74) is 2.88. The van der Waals surface area contributed by atoms with E-state index in [1.165, 1.54) is 5.56 Å². The van der Waals surface area contributed by atoms with Crippen LogP contribution in [0, 0.1) is 0 Å². The van der Waals surface area contributed by atoms with Crippen molar-refractivity contribution in [2.45, 2.75) is 24.3 Å². The van der Waals surface area contributed by atoms with Crippen LogP contribution in [0.5, 0.6) is 0 Å². The maximum atomic E-state index is 12.9. The number of anilines is 1. The SMILES string of the molecule is CSc1ccccc1NC(=O)c1cn2c3c(cccc3c1=O)CCC2. The quantitative estimate of drug-likeness (QED) is 0.729. The van der Waals surface area contributed by atoms with Crippen molar-refractivity contribution in [2.75, 3.05) is 11.6 Å². The monoisotopic (exact) mass is 350 g/mol. The second-order valence-electron chi connectivity index (χ2n) is 6.14. The van der Waals surface area contributed by atoms with Gasteiger partial charge < -0.3 is 9.88 Å². The molecule has 1 N–H and O–H groups in total. The van der Waals surface area contributed by atoms with E-state index in [-0.39, 0.29) is 16.9 Å². The molecule has 0 radical (unpaired) electrons. The van der Waals surface area contributed by atoms with Gasteiger partial charge in [-0.2, -0.15) is 0 Å². The van der Waals surface area contributed by atoms with Gasteiger partial charge in [-0.3, -0.25) is 9.59 Å². The smallest absolute Gasteiger partial charge is 0.261 e. The molecule has 0 saturated heterocycles. The van der Waals surface area contributed by atoms with Crippen LogP contribution < -0.4 is 10.7 Å². The lowest BCUT2D eigenvalue weighted by Gasteiger charge is -2.20. The molecule has 1 aliphatic rings. The third-order valence-electron chi connectivity index (χ3n) is 4.63. The predicted molar refractivity (Wildman–Crippen MR) is 103 cm³/mol. The average molecular weight is 350 g/mol. The minimum absolute atomic E-state index is 0.197. The van der Waals surface area contributed by atoms with Crippen molar-refractivity contribution in [2.24, 2.45) is 0 Å². The zero-order valence-electron chi connectivity index (χ0n) is 13.9. The van der Waals surface area contributed by atoms with Crippen LogP contribution in [0.1, 0.15) is 22.3 Å². The van der Waals surface area contributed by atoms with Crippen LogP contribution in [0.4, 0.5) is 5.69 Å². The van der Waals surface area contributed by atoms with Crippen molar-refractivity contribution in [3.63, 3.8) is 0 Å². The highest BCUT2D eigenvalue weighted by Gasteiger charge is 2.19. The highest BCUT2D eigenvalue weighted by atomic mass is 32.2. The molecule has 0 unspecified atom stereocenters. The summed E-state index contributed by atoms with van der Waals surface area (Å²) >= 11 is 1.56. The third-order valence-corrected chi connectivity index (χ3v) is 5.42. The van der Waals surface area contributed by atoms with Crippen LogP contribution in [0.25, 0.3) is 10.9 Å². The summed E-state index contributed by atoms with van der Waals surface area (Å²) in [6.45, 7) is 0.829. The molecule has 0 spiro atoms. The number of carbonyl (C=O) groups is 1. The maximum Gasteiger partial charge on any atom is 0.261 e. The van der Waals surface area contributed by atoms with Gasteiger partial charge in [0.2, 0.25) is 5.43 Å². The highest BCUT2D eigenvalue weighted by molar-refractivity contribution is 7.98. The molecule has 1 aromatic heterocycles. The summed E-state index contributed by atoms with van der Waals surface area (Å²) in [6, 6.07) is 13.4. The number of rotatable bonds is 3. The molecule has 0 bridgehead atoms. The van der Waals surface area contributed by atoms with Crippen molar-refractivity contribution in [1.82, 2.24) is 4.57 Å². The number of nitrogens with zero attached hydrogens (tertiary/aromatic N) is 1. The molecule has 5 heteroatoms. The molecule has 0 atom stereocenters. The lowest BCUT2D eigenvalue weighted by Crippen LogP contribution is -2.25. The number of nitrogens with one attached hydrogen (secondary N) is 1. The number of hydrogen-bond acceptors (Lipinski definition) is 3. The molecule has 1 amide bonds. The fraction of sp³-hybridized carbons (Fsp3) is 0.200. The molecule has 0 aliphatic carbocycles. The lowest BCUT2D eigenvalue weighted by atomic mass is 10.00. The second kappa shape index (κ2) is 6.41. The highest BCUT2D eigenvalue weighted by Crippen LogP contribution is 2.26. The second-order valence-corrected chi connectivity index (χ2v) is 6.98. The van der Waals surface area contributed by atoms with Crippen LogP contribution in [-0.4, -0.2) is 16.7 Å². The first-order valence-corrected chi connectivity index (χ1v) is 9.51. The molecule has 4 rings (SSSR count). The predicted octanol–water partition coefficient (Wildman–Crippen LogP) is 3.92. The first-order valence-electron chi connectivity index (χ1n) is 8.28. The molecule has 0 saturated carbocycles. The van der Waals surface area contributed by atoms with E-state index in [0.29, 0.717) is 5.39 Å². The fourth-order valence-corrected chi connectivity index (χ4v) is 4.01. The Bertz CT molecular complexity index is 1040. The van der Waals surface area contributed by atoms with E-state index in [1.807, 2.05) is 47.2 Å². The number of thioether (sulfide) groups is 1. The fourth-order valence-electron chi connectivity index (χ4n) is 3.46. The molecule has 1 aliphatic heterocycles. The third kappa shape index (κ3) is 2.74. The number of hydrogen-bond donors (Lipinski definition) is 1.